The SMILES string of the molecule is CCNC(=O)COC(c1cccc(F)c1-c1cccc(C)c1)C1CN(C(=O)OC(C)(C)C)CCO1. The van der Waals surface area contributed by atoms with Gasteiger partial charge < -0.3 is 24.4 Å². The minimum Gasteiger partial charge on any atom is -0.444 e. The van der Waals surface area contributed by atoms with Crippen LogP contribution in [0.4, 0.5) is 9.18 Å². The minimum atomic E-state index is -0.797. The van der Waals surface area contributed by atoms with Crippen LogP contribution in [0.5, 0.6) is 0 Å². The molecule has 1 fully saturated rings. The van der Waals surface area contributed by atoms with Crippen LogP contribution in [0.25, 0.3) is 11.1 Å². The molecule has 0 aliphatic carbocycles. The van der Waals surface area contributed by atoms with Gasteiger partial charge in [0.25, 0.3) is 0 Å². The van der Waals surface area contributed by atoms with Crippen LogP contribution >= 0.6 is 0 Å². The molecule has 1 heterocycles. The van der Waals surface area contributed by atoms with Gasteiger partial charge in [-0.2, -0.15) is 0 Å². The first-order valence-electron chi connectivity index (χ1n) is 11.9. The molecule has 2 amide bonds. The Bertz CT molecular complexity index is 1040. The third kappa shape index (κ3) is 7.26. The number of carbonyl (C=O) groups excluding carboxylic acids is 2. The van der Waals surface area contributed by atoms with E-state index in [2.05, 4.69) is 5.32 Å². The summed E-state index contributed by atoms with van der Waals surface area (Å²) in [6, 6.07) is 12.3. The summed E-state index contributed by atoms with van der Waals surface area (Å²) >= 11 is 0. The predicted molar refractivity (Wildman–Crippen MR) is 131 cm³/mol. The quantitative estimate of drug-likeness (QED) is 0.618. The predicted octanol–water partition coefficient (Wildman–Crippen LogP) is 4.63. The lowest BCUT2D eigenvalue weighted by atomic mass is 9.92. The molecule has 1 aliphatic heterocycles. The Morgan fingerprint density at radius 1 is 1.23 bits per heavy atom. The summed E-state index contributed by atoms with van der Waals surface area (Å²) < 4.78 is 32.9. The van der Waals surface area contributed by atoms with E-state index in [-0.39, 0.29) is 25.7 Å². The second-order valence-corrected chi connectivity index (χ2v) is 9.59. The van der Waals surface area contributed by atoms with E-state index in [1.807, 2.05) is 58.9 Å². The summed E-state index contributed by atoms with van der Waals surface area (Å²) in [6.07, 6.45) is -1.88. The normalized spacial score (nSPS) is 17.1. The highest BCUT2D eigenvalue weighted by Gasteiger charge is 2.36. The molecule has 1 saturated heterocycles. The number of halogens is 1. The molecule has 2 atom stereocenters. The molecule has 1 aliphatic rings. The number of aryl methyl sites for hydroxylation is 1. The van der Waals surface area contributed by atoms with Crippen LogP contribution in [-0.2, 0) is 19.0 Å². The van der Waals surface area contributed by atoms with E-state index < -0.39 is 29.7 Å². The van der Waals surface area contributed by atoms with E-state index in [0.717, 1.165) is 5.56 Å². The van der Waals surface area contributed by atoms with E-state index in [1.165, 1.54) is 6.07 Å². The van der Waals surface area contributed by atoms with Gasteiger partial charge in [0, 0.05) is 18.7 Å². The van der Waals surface area contributed by atoms with E-state index in [0.29, 0.717) is 29.8 Å². The molecule has 190 valence electrons. The van der Waals surface area contributed by atoms with E-state index in [9.17, 15) is 9.59 Å². The van der Waals surface area contributed by atoms with Crippen LogP contribution in [0.2, 0.25) is 0 Å². The summed E-state index contributed by atoms with van der Waals surface area (Å²) in [6.45, 7) is 10.2. The van der Waals surface area contributed by atoms with Gasteiger partial charge in [0.05, 0.1) is 13.2 Å². The fourth-order valence-electron chi connectivity index (χ4n) is 4.04. The molecule has 35 heavy (non-hydrogen) atoms. The van der Waals surface area contributed by atoms with Crippen LogP contribution in [0.1, 0.15) is 44.9 Å². The van der Waals surface area contributed by atoms with Crippen molar-refractivity contribution in [1.82, 2.24) is 10.2 Å². The third-order valence-electron chi connectivity index (χ3n) is 5.51. The standard InChI is InChI=1S/C27H35FN2O5/c1-6-29-23(31)17-34-25(22-16-30(13-14-33-22)26(32)35-27(3,4)5)20-11-8-12-21(28)24(20)19-10-7-9-18(2)15-19/h7-12,15,22,25H,6,13-14,16-17H2,1-5H3,(H,29,31). The number of hydrogen-bond acceptors (Lipinski definition) is 5. The second-order valence-electron chi connectivity index (χ2n) is 9.59. The average Bonchev–Trinajstić information content (AvgIpc) is 2.78. The van der Waals surface area contributed by atoms with Crippen molar-refractivity contribution in [3.63, 3.8) is 0 Å². The van der Waals surface area contributed by atoms with E-state index in [4.69, 9.17) is 14.2 Å². The Morgan fingerprint density at radius 2 is 1.97 bits per heavy atom. The molecular weight excluding hydrogens is 451 g/mol. The monoisotopic (exact) mass is 486 g/mol. The zero-order chi connectivity index (χ0) is 25.6. The van der Waals surface area contributed by atoms with E-state index in [1.54, 1.807) is 17.0 Å². The van der Waals surface area contributed by atoms with Crippen molar-refractivity contribution in [2.24, 2.45) is 0 Å². The number of ether oxygens (including phenoxy) is 3. The molecule has 0 aromatic heterocycles. The molecule has 7 nitrogen and oxygen atoms in total. The first kappa shape index (κ1) is 26.6. The topological polar surface area (TPSA) is 77.1 Å². The molecule has 0 radical (unpaired) electrons. The van der Waals surface area contributed by atoms with Crippen LogP contribution in [0.3, 0.4) is 0 Å². The summed E-state index contributed by atoms with van der Waals surface area (Å²) in [5.74, 6) is -0.690. The fourth-order valence-corrected chi connectivity index (χ4v) is 4.04. The summed E-state index contributed by atoms with van der Waals surface area (Å²) in [5, 5.41) is 2.71. The largest absolute Gasteiger partial charge is 0.444 e. The van der Waals surface area contributed by atoms with Gasteiger partial charge in [-0.05, 0) is 51.8 Å². The number of morpholine rings is 1. The molecule has 2 unspecified atom stereocenters. The number of rotatable bonds is 7. The average molecular weight is 487 g/mol. The van der Waals surface area contributed by atoms with Crippen LogP contribution in [0, 0.1) is 12.7 Å². The Balaban J connectivity index is 1.97. The van der Waals surface area contributed by atoms with Gasteiger partial charge >= 0.3 is 6.09 Å². The van der Waals surface area contributed by atoms with Gasteiger partial charge in [-0.15, -0.1) is 0 Å². The highest BCUT2D eigenvalue weighted by Crippen LogP contribution is 2.36. The lowest BCUT2D eigenvalue weighted by Crippen LogP contribution is -2.49. The third-order valence-corrected chi connectivity index (χ3v) is 5.51. The number of benzene rings is 2. The van der Waals surface area contributed by atoms with Gasteiger partial charge in [-0.25, -0.2) is 9.18 Å². The zero-order valence-corrected chi connectivity index (χ0v) is 21.1. The van der Waals surface area contributed by atoms with E-state index >= 15 is 4.39 Å². The number of nitrogens with one attached hydrogen (secondary N) is 1. The Hall–Kier alpha value is -2.97. The Kier molecular flexibility index (Phi) is 8.86. The fraction of sp³-hybridized carbons (Fsp3) is 0.481. The van der Waals surface area contributed by atoms with Gasteiger partial charge in [-0.3, -0.25) is 4.79 Å². The molecule has 3 rings (SSSR count). The van der Waals surface area contributed by atoms with Gasteiger partial charge in [0.2, 0.25) is 5.91 Å². The molecular formula is C27H35FN2O5. The zero-order valence-electron chi connectivity index (χ0n) is 21.1. The van der Waals surface area contributed by atoms with Gasteiger partial charge in [0.15, 0.2) is 0 Å². The summed E-state index contributed by atoms with van der Waals surface area (Å²) in [5.41, 5.74) is 1.98. The number of amides is 2. The van der Waals surface area contributed by atoms with Gasteiger partial charge in [-0.1, -0.05) is 42.0 Å². The van der Waals surface area contributed by atoms with Crippen molar-refractivity contribution < 1.29 is 28.2 Å². The number of likely N-dealkylation sites (N-methyl/N-ethyl adjacent to an activating group) is 1. The Morgan fingerprint density at radius 3 is 2.66 bits per heavy atom. The first-order chi connectivity index (χ1) is 16.6. The lowest BCUT2D eigenvalue weighted by Gasteiger charge is -2.38. The molecule has 2 aromatic rings. The summed E-state index contributed by atoms with van der Waals surface area (Å²) in [7, 11) is 0. The number of hydrogen-bond donors (Lipinski definition) is 1. The van der Waals surface area contributed by atoms with Crippen molar-refractivity contribution in [3.8, 4) is 11.1 Å². The second kappa shape index (κ2) is 11.6. The smallest absolute Gasteiger partial charge is 0.410 e. The maximum Gasteiger partial charge on any atom is 0.410 e. The van der Waals surface area contributed by atoms with Crippen LogP contribution in [0.15, 0.2) is 42.5 Å². The Labute approximate surface area is 206 Å². The summed E-state index contributed by atoms with van der Waals surface area (Å²) in [4.78, 5) is 26.5. The van der Waals surface area contributed by atoms with Crippen molar-refractivity contribution in [1.29, 1.82) is 0 Å². The number of carbonyl (C=O) groups is 2. The maximum atomic E-state index is 15.2. The van der Waals surface area contributed by atoms with Gasteiger partial charge in [0.1, 0.15) is 30.2 Å². The van der Waals surface area contributed by atoms with Crippen molar-refractivity contribution >= 4 is 12.0 Å². The molecule has 0 spiro atoms. The van der Waals surface area contributed by atoms with Crippen LogP contribution in [-0.4, -0.2) is 61.5 Å². The molecule has 0 bridgehead atoms. The first-order valence-corrected chi connectivity index (χ1v) is 11.9. The lowest BCUT2D eigenvalue weighted by molar-refractivity contribution is -0.138. The highest BCUT2D eigenvalue weighted by atomic mass is 19.1. The minimum absolute atomic E-state index is 0.179. The highest BCUT2D eigenvalue weighted by molar-refractivity contribution is 5.77. The number of nitrogens with zero attached hydrogens (tertiary/aromatic N) is 1. The molecule has 0 saturated carbocycles. The van der Waals surface area contributed by atoms with Crippen LogP contribution < -0.4 is 5.32 Å². The van der Waals surface area contributed by atoms with Crippen molar-refractivity contribution in [2.75, 3.05) is 32.8 Å². The molecule has 8 heteroatoms. The maximum absolute atomic E-state index is 15.2. The molecule has 1 N–H and O–H groups in total. The van der Waals surface area contributed by atoms with Crippen molar-refractivity contribution in [3.05, 3.63) is 59.4 Å². The van der Waals surface area contributed by atoms with Crippen molar-refractivity contribution in [2.45, 2.75) is 52.4 Å². The molecule has 2 aromatic carbocycles.